The van der Waals surface area contributed by atoms with Crippen molar-refractivity contribution in [2.24, 2.45) is 0 Å². The number of likely N-dealkylation sites (N-methyl/N-ethyl adjacent to an activating group) is 2. The van der Waals surface area contributed by atoms with Crippen molar-refractivity contribution < 1.29 is 0 Å². The van der Waals surface area contributed by atoms with Gasteiger partial charge >= 0.3 is 0 Å². The molecule has 4 rings (SSSR count). The summed E-state index contributed by atoms with van der Waals surface area (Å²) in [6, 6.07) is 0. The maximum absolute atomic E-state index is 2.39. The van der Waals surface area contributed by atoms with Gasteiger partial charge in [-0.1, -0.05) is 34.1 Å². The van der Waals surface area contributed by atoms with Crippen LogP contribution in [0.5, 0.6) is 0 Å². The lowest BCUT2D eigenvalue weighted by molar-refractivity contribution is 0.181. The molecule has 0 saturated carbocycles. The minimum atomic E-state index is 0. The Bertz CT molecular complexity index is 292. The monoisotopic (exact) mass is 443 g/mol. The van der Waals surface area contributed by atoms with Crippen LogP contribution >= 0.6 is 0 Å². The third-order valence-corrected chi connectivity index (χ3v) is 6.47. The second kappa shape index (κ2) is 21.6. The van der Waals surface area contributed by atoms with Crippen LogP contribution in [0.15, 0.2) is 0 Å². The summed E-state index contributed by atoms with van der Waals surface area (Å²) >= 11 is 0. The summed E-state index contributed by atoms with van der Waals surface area (Å²) in [6.45, 7) is 12.8. The van der Waals surface area contributed by atoms with Crippen LogP contribution in [0.1, 0.15) is 72.6 Å². The first-order chi connectivity index (χ1) is 14.0. The van der Waals surface area contributed by atoms with E-state index in [0.717, 1.165) is 0 Å². The van der Waals surface area contributed by atoms with Gasteiger partial charge in [-0.2, -0.15) is 0 Å². The summed E-state index contributed by atoms with van der Waals surface area (Å²) in [7, 11) is 10.9. The summed E-state index contributed by atoms with van der Waals surface area (Å²) < 4.78 is 0. The van der Waals surface area contributed by atoms with E-state index < -0.39 is 0 Å². The van der Waals surface area contributed by atoms with E-state index in [0.29, 0.717) is 0 Å². The van der Waals surface area contributed by atoms with Gasteiger partial charge < -0.3 is 24.5 Å². The molecule has 0 bridgehead atoms. The van der Waals surface area contributed by atoms with Crippen LogP contribution in [-0.4, -0.2) is 125 Å². The number of hydrogen-bond donors (Lipinski definition) is 0. The Morgan fingerprint density at radius 2 is 0.419 bits per heavy atom. The molecule has 0 spiro atoms. The molecule has 0 aromatic heterocycles. The molecule has 0 aromatic carbocycles. The zero-order chi connectivity index (χ0) is 21.3. The largest absolute Gasteiger partial charge is 0.306 e. The van der Waals surface area contributed by atoms with Crippen molar-refractivity contribution in [3.05, 3.63) is 0 Å². The van der Waals surface area contributed by atoms with E-state index in [1.54, 1.807) is 0 Å². The summed E-state index contributed by atoms with van der Waals surface area (Å²) in [5.74, 6) is 0. The van der Waals surface area contributed by atoms with Gasteiger partial charge in [0.25, 0.3) is 0 Å². The fourth-order valence-corrected chi connectivity index (χ4v) is 4.06. The lowest BCUT2D eigenvalue weighted by Gasteiger charge is -2.28. The number of piperidine rings is 3. The highest BCUT2D eigenvalue weighted by atomic mass is 15.2. The number of rotatable bonds is 0. The lowest BCUT2D eigenvalue weighted by atomic mass is 10.1. The fraction of sp³-hybridized carbons (Fsp3) is 1.00. The highest BCUT2D eigenvalue weighted by Gasteiger charge is 2.08. The molecule has 5 heteroatoms. The van der Waals surface area contributed by atoms with Gasteiger partial charge in [-0.3, -0.25) is 0 Å². The second-order valence-electron chi connectivity index (χ2n) is 9.70. The van der Waals surface area contributed by atoms with E-state index in [-0.39, 0.29) is 14.9 Å². The maximum Gasteiger partial charge on any atom is 0.0107 e. The molecular formula is C26H61N5. The van der Waals surface area contributed by atoms with E-state index in [1.165, 1.54) is 123 Å². The maximum atomic E-state index is 2.39. The van der Waals surface area contributed by atoms with Gasteiger partial charge in [0, 0.05) is 26.2 Å². The second-order valence-corrected chi connectivity index (χ2v) is 9.70. The molecule has 4 aliphatic heterocycles. The molecule has 0 atom stereocenters. The Hall–Kier alpha value is -0.200. The van der Waals surface area contributed by atoms with Crippen LogP contribution in [0.3, 0.4) is 0 Å². The quantitative estimate of drug-likeness (QED) is 0.548. The molecule has 0 aromatic rings. The fourth-order valence-electron chi connectivity index (χ4n) is 4.06. The van der Waals surface area contributed by atoms with Gasteiger partial charge in [-0.25, -0.2) is 0 Å². The van der Waals surface area contributed by atoms with Crippen LogP contribution in [0, 0.1) is 0 Å². The highest BCUT2D eigenvalue weighted by Crippen LogP contribution is 2.06. The van der Waals surface area contributed by atoms with Crippen molar-refractivity contribution in [1.29, 1.82) is 0 Å². The first-order valence-corrected chi connectivity index (χ1v) is 12.4. The molecule has 190 valence electrons. The Labute approximate surface area is 198 Å². The standard InChI is InChI=1S/C6H14N2.3C6H13N.2CH4/c1-7-3-5-8(2)6-4-7;3*1-7-5-3-2-4-6-7;;/h3-6H2,1-2H3;3*2-6H2,1H3;2*1H4. The predicted molar refractivity (Wildman–Crippen MR) is 142 cm³/mol. The van der Waals surface area contributed by atoms with E-state index >= 15 is 0 Å². The van der Waals surface area contributed by atoms with E-state index in [9.17, 15) is 0 Å². The van der Waals surface area contributed by atoms with Gasteiger partial charge in [0.2, 0.25) is 0 Å². The molecule has 0 aliphatic carbocycles. The average molecular weight is 444 g/mol. The Morgan fingerprint density at radius 1 is 0.258 bits per heavy atom. The molecule has 4 aliphatic rings. The van der Waals surface area contributed by atoms with Gasteiger partial charge in [0.15, 0.2) is 0 Å². The van der Waals surface area contributed by atoms with Crippen LogP contribution < -0.4 is 0 Å². The predicted octanol–water partition coefficient (Wildman–Crippen LogP) is 4.44. The molecule has 4 saturated heterocycles. The normalized spacial score (nSPS) is 23.9. The topological polar surface area (TPSA) is 16.2 Å². The minimum Gasteiger partial charge on any atom is -0.306 e. The minimum absolute atomic E-state index is 0. The summed E-state index contributed by atoms with van der Waals surface area (Å²) in [6.07, 6.45) is 12.8. The van der Waals surface area contributed by atoms with Gasteiger partial charge in [0.1, 0.15) is 0 Å². The molecule has 4 fully saturated rings. The van der Waals surface area contributed by atoms with Gasteiger partial charge in [0.05, 0.1) is 0 Å². The molecule has 0 N–H and O–H groups in total. The summed E-state index contributed by atoms with van der Waals surface area (Å²) in [4.78, 5) is 11.9. The SMILES string of the molecule is C.C.CN1CCCCC1.CN1CCCCC1.CN1CCCCC1.CN1CCN(C)CC1. The van der Waals surface area contributed by atoms with E-state index in [4.69, 9.17) is 0 Å². The third-order valence-electron chi connectivity index (χ3n) is 6.47. The molecule has 31 heavy (non-hydrogen) atoms. The van der Waals surface area contributed by atoms with Crippen molar-refractivity contribution in [3.8, 4) is 0 Å². The van der Waals surface area contributed by atoms with Crippen molar-refractivity contribution in [2.45, 2.75) is 72.6 Å². The van der Waals surface area contributed by atoms with Crippen molar-refractivity contribution in [2.75, 3.05) is 101 Å². The first-order valence-electron chi connectivity index (χ1n) is 12.4. The van der Waals surface area contributed by atoms with E-state index in [1.807, 2.05) is 0 Å². The molecule has 0 unspecified atom stereocenters. The third kappa shape index (κ3) is 20.2. The number of piperazine rings is 1. The van der Waals surface area contributed by atoms with Crippen molar-refractivity contribution in [1.82, 2.24) is 24.5 Å². The van der Waals surface area contributed by atoms with Crippen LogP contribution in [0.2, 0.25) is 0 Å². The van der Waals surface area contributed by atoms with E-state index in [2.05, 4.69) is 59.7 Å². The summed E-state index contributed by atoms with van der Waals surface area (Å²) in [5.41, 5.74) is 0. The highest BCUT2D eigenvalue weighted by molar-refractivity contribution is 4.64. The smallest absolute Gasteiger partial charge is 0.0107 e. The van der Waals surface area contributed by atoms with Crippen LogP contribution in [0.25, 0.3) is 0 Å². The molecular weight excluding hydrogens is 382 g/mol. The lowest BCUT2D eigenvalue weighted by Crippen LogP contribution is -2.42. The first kappa shape index (κ1) is 33.0. The van der Waals surface area contributed by atoms with Crippen molar-refractivity contribution in [3.63, 3.8) is 0 Å². The molecule has 5 nitrogen and oxygen atoms in total. The van der Waals surface area contributed by atoms with Gasteiger partial charge in [-0.15, -0.1) is 0 Å². The Morgan fingerprint density at radius 3 is 0.548 bits per heavy atom. The molecule has 0 amide bonds. The Kier molecular flexibility index (Phi) is 23.0. The molecule has 0 radical (unpaired) electrons. The number of likely N-dealkylation sites (tertiary alicyclic amines) is 3. The van der Waals surface area contributed by atoms with Crippen molar-refractivity contribution >= 4 is 0 Å². The number of hydrogen-bond acceptors (Lipinski definition) is 5. The Balaban J connectivity index is 0. The molecule has 4 heterocycles. The zero-order valence-electron chi connectivity index (χ0n) is 20.7. The summed E-state index contributed by atoms with van der Waals surface area (Å²) in [5, 5.41) is 0. The van der Waals surface area contributed by atoms with Crippen LogP contribution in [0.4, 0.5) is 0 Å². The average Bonchev–Trinajstić information content (AvgIpc) is 2.73. The van der Waals surface area contributed by atoms with Gasteiger partial charge in [-0.05, 0) is 113 Å². The van der Waals surface area contributed by atoms with Crippen LogP contribution in [-0.2, 0) is 0 Å². The zero-order valence-corrected chi connectivity index (χ0v) is 20.7. The number of nitrogens with zero attached hydrogens (tertiary/aromatic N) is 5.